The van der Waals surface area contributed by atoms with Crippen molar-refractivity contribution in [2.75, 3.05) is 19.0 Å². The number of aryl methyl sites for hydroxylation is 1. The van der Waals surface area contributed by atoms with Crippen LogP contribution in [0.5, 0.6) is 0 Å². The topological polar surface area (TPSA) is 34.1 Å². The van der Waals surface area contributed by atoms with E-state index >= 15 is 0 Å². The molecule has 0 saturated carbocycles. The summed E-state index contributed by atoms with van der Waals surface area (Å²) >= 11 is 0. The zero-order valence-electron chi connectivity index (χ0n) is 11.2. The first-order valence-electron chi connectivity index (χ1n) is 6.36. The van der Waals surface area contributed by atoms with Crippen molar-refractivity contribution in [3.05, 3.63) is 36.0 Å². The Balaban J connectivity index is 2.37. The third-order valence-corrected chi connectivity index (χ3v) is 3.06. The number of nitrogens with one attached hydrogen (secondary N) is 1. The van der Waals surface area contributed by atoms with Crippen molar-refractivity contribution in [1.29, 1.82) is 0 Å². The monoisotopic (exact) mass is 244 g/mol. The second-order valence-corrected chi connectivity index (χ2v) is 4.53. The number of aromatic nitrogens is 1. The number of hydrogen-bond donors (Lipinski definition) is 1. The minimum Gasteiger partial charge on any atom is -0.383 e. The quantitative estimate of drug-likeness (QED) is 0.875. The molecular formula is C15H20N2O. The summed E-state index contributed by atoms with van der Waals surface area (Å²) in [5, 5.41) is 4.71. The van der Waals surface area contributed by atoms with Crippen molar-refractivity contribution >= 4 is 16.6 Å². The highest BCUT2D eigenvalue weighted by atomic mass is 16.5. The minimum atomic E-state index is 0.334. The van der Waals surface area contributed by atoms with Gasteiger partial charge in [-0.25, -0.2) is 0 Å². The van der Waals surface area contributed by atoms with Crippen LogP contribution in [-0.2, 0) is 4.74 Å². The summed E-state index contributed by atoms with van der Waals surface area (Å²) in [7, 11) is 1.74. The van der Waals surface area contributed by atoms with Crippen LogP contribution in [0.2, 0.25) is 0 Å². The standard InChI is InChI=1S/C15H20N2O/c1-4-12(10-18-3)17-15-9-11(2)16-14-8-6-5-7-13(14)15/h5-9,12H,4,10H2,1-3H3,(H,16,17). The van der Waals surface area contributed by atoms with Crippen molar-refractivity contribution in [1.82, 2.24) is 4.98 Å². The molecular weight excluding hydrogens is 224 g/mol. The fraction of sp³-hybridized carbons (Fsp3) is 0.400. The molecule has 0 bridgehead atoms. The van der Waals surface area contributed by atoms with E-state index in [2.05, 4.69) is 29.4 Å². The Kier molecular flexibility index (Phi) is 4.15. The van der Waals surface area contributed by atoms with Crippen LogP contribution in [-0.4, -0.2) is 24.7 Å². The Morgan fingerprint density at radius 3 is 2.83 bits per heavy atom. The first kappa shape index (κ1) is 12.8. The van der Waals surface area contributed by atoms with Gasteiger partial charge in [-0.3, -0.25) is 4.98 Å². The number of rotatable bonds is 5. The number of anilines is 1. The van der Waals surface area contributed by atoms with E-state index < -0.39 is 0 Å². The molecule has 2 rings (SSSR count). The summed E-state index contributed by atoms with van der Waals surface area (Å²) in [5.74, 6) is 0. The second-order valence-electron chi connectivity index (χ2n) is 4.53. The number of ether oxygens (including phenoxy) is 1. The van der Waals surface area contributed by atoms with Crippen LogP contribution in [0.1, 0.15) is 19.0 Å². The average Bonchev–Trinajstić information content (AvgIpc) is 2.38. The number of fused-ring (bicyclic) bond motifs is 1. The smallest absolute Gasteiger partial charge is 0.0725 e. The van der Waals surface area contributed by atoms with Crippen LogP contribution < -0.4 is 5.32 Å². The van der Waals surface area contributed by atoms with Crippen molar-refractivity contribution in [2.24, 2.45) is 0 Å². The number of benzene rings is 1. The average molecular weight is 244 g/mol. The molecule has 1 unspecified atom stereocenters. The molecule has 3 nitrogen and oxygen atoms in total. The van der Waals surface area contributed by atoms with E-state index in [0.29, 0.717) is 12.6 Å². The first-order valence-corrected chi connectivity index (χ1v) is 6.36. The van der Waals surface area contributed by atoms with E-state index in [4.69, 9.17) is 4.74 Å². The van der Waals surface area contributed by atoms with Crippen LogP contribution in [0, 0.1) is 6.92 Å². The predicted molar refractivity (Wildman–Crippen MR) is 76.1 cm³/mol. The SMILES string of the molecule is CCC(COC)Nc1cc(C)nc2ccccc12. The van der Waals surface area contributed by atoms with Gasteiger partial charge in [0.25, 0.3) is 0 Å². The van der Waals surface area contributed by atoms with Gasteiger partial charge in [0.15, 0.2) is 0 Å². The van der Waals surface area contributed by atoms with E-state index in [-0.39, 0.29) is 0 Å². The molecule has 2 aromatic rings. The maximum absolute atomic E-state index is 5.23. The van der Waals surface area contributed by atoms with E-state index in [1.54, 1.807) is 7.11 Å². The molecule has 1 N–H and O–H groups in total. The summed E-state index contributed by atoms with van der Waals surface area (Å²) < 4.78 is 5.23. The lowest BCUT2D eigenvalue weighted by Gasteiger charge is -2.19. The first-order chi connectivity index (χ1) is 8.74. The Labute approximate surface area is 108 Å². The molecule has 1 aromatic heterocycles. The molecule has 0 amide bonds. The van der Waals surface area contributed by atoms with Gasteiger partial charge in [-0.05, 0) is 25.5 Å². The van der Waals surface area contributed by atoms with Gasteiger partial charge in [-0.15, -0.1) is 0 Å². The third kappa shape index (κ3) is 2.79. The summed E-state index contributed by atoms with van der Waals surface area (Å²) in [4.78, 5) is 4.54. The molecule has 0 radical (unpaired) electrons. The number of hydrogen-bond acceptors (Lipinski definition) is 3. The molecule has 1 atom stereocenters. The van der Waals surface area contributed by atoms with Gasteiger partial charge < -0.3 is 10.1 Å². The van der Waals surface area contributed by atoms with Crippen LogP contribution >= 0.6 is 0 Å². The predicted octanol–water partition coefficient (Wildman–Crippen LogP) is 3.38. The van der Waals surface area contributed by atoms with Crippen LogP contribution in [0.4, 0.5) is 5.69 Å². The lowest BCUT2D eigenvalue weighted by atomic mass is 10.1. The van der Waals surface area contributed by atoms with Crippen LogP contribution in [0.3, 0.4) is 0 Å². The molecule has 0 aliphatic carbocycles. The Hall–Kier alpha value is -1.61. The second kappa shape index (κ2) is 5.83. The van der Waals surface area contributed by atoms with Gasteiger partial charge in [0.05, 0.1) is 12.1 Å². The maximum Gasteiger partial charge on any atom is 0.0725 e. The minimum absolute atomic E-state index is 0.334. The molecule has 18 heavy (non-hydrogen) atoms. The normalized spacial score (nSPS) is 12.6. The molecule has 1 heterocycles. The molecule has 3 heteroatoms. The number of methoxy groups -OCH3 is 1. The van der Waals surface area contributed by atoms with Gasteiger partial charge in [-0.1, -0.05) is 25.1 Å². The summed E-state index contributed by atoms with van der Waals surface area (Å²) in [6.45, 7) is 4.90. The highest BCUT2D eigenvalue weighted by Gasteiger charge is 2.09. The Morgan fingerprint density at radius 1 is 1.33 bits per heavy atom. The zero-order chi connectivity index (χ0) is 13.0. The number of pyridine rings is 1. The van der Waals surface area contributed by atoms with E-state index in [1.807, 2.05) is 25.1 Å². The molecule has 0 saturated heterocycles. The van der Waals surface area contributed by atoms with Crippen LogP contribution in [0.25, 0.3) is 10.9 Å². The third-order valence-electron chi connectivity index (χ3n) is 3.06. The zero-order valence-corrected chi connectivity index (χ0v) is 11.2. The fourth-order valence-corrected chi connectivity index (χ4v) is 2.11. The highest BCUT2D eigenvalue weighted by molar-refractivity contribution is 5.91. The van der Waals surface area contributed by atoms with Gasteiger partial charge in [0.2, 0.25) is 0 Å². The van der Waals surface area contributed by atoms with Crippen LogP contribution in [0.15, 0.2) is 30.3 Å². The van der Waals surface area contributed by atoms with Crippen molar-refractivity contribution < 1.29 is 4.74 Å². The summed E-state index contributed by atoms with van der Waals surface area (Å²) in [5.41, 5.74) is 3.21. The number of para-hydroxylation sites is 1. The highest BCUT2D eigenvalue weighted by Crippen LogP contribution is 2.23. The Bertz CT molecular complexity index is 525. The molecule has 0 fully saturated rings. The van der Waals surface area contributed by atoms with E-state index in [0.717, 1.165) is 28.7 Å². The van der Waals surface area contributed by atoms with E-state index in [1.165, 1.54) is 0 Å². The molecule has 0 spiro atoms. The lowest BCUT2D eigenvalue weighted by molar-refractivity contribution is 0.184. The van der Waals surface area contributed by atoms with Gasteiger partial charge in [0.1, 0.15) is 0 Å². The molecule has 1 aromatic carbocycles. The molecule has 0 aliphatic rings. The van der Waals surface area contributed by atoms with Crippen molar-refractivity contribution in [2.45, 2.75) is 26.3 Å². The Morgan fingerprint density at radius 2 is 2.11 bits per heavy atom. The molecule has 96 valence electrons. The van der Waals surface area contributed by atoms with Crippen molar-refractivity contribution in [3.8, 4) is 0 Å². The van der Waals surface area contributed by atoms with Gasteiger partial charge in [0, 0.05) is 29.9 Å². The van der Waals surface area contributed by atoms with Gasteiger partial charge in [-0.2, -0.15) is 0 Å². The summed E-state index contributed by atoms with van der Waals surface area (Å²) in [6.07, 6.45) is 1.03. The largest absolute Gasteiger partial charge is 0.383 e. The maximum atomic E-state index is 5.23. The molecule has 0 aliphatic heterocycles. The summed E-state index contributed by atoms with van der Waals surface area (Å²) in [6, 6.07) is 10.6. The fourth-order valence-electron chi connectivity index (χ4n) is 2.11. The van der Waals surface area contributed by atoms with Gasteiger partial charge >= 0.3 is 0 Å². The lowest BCUT2D eigenvalue weighted by Crippen LogP contribution is -2.24. The van der Waals surface area contributed by atoms with Crippen molar-refractivity contribution in [3.63, 3.8) is 0 Å². The number of nitrogens with zero attached hydrogens (tertiary/aromatic N) is 1. The van der Waals surface area contributed by atoms with E-state index in [9.17, 15) is 0 Å².